The largest absolute Gasteiger partial charge is 0.437 e. The number of aromatic amines is 1. The summed E-state index contributed by atoms with van der Waals surface area (Å²) in [5.74, 6) is -1.74. The van der Waals surface area contributed by atoms with Crippen molar-refractivity contribution in [2.45, 2.75) is 39.7 Å². The highest BCUT2D eigenvalue weighted by Crippen LogP contribution is 2.35. The summed E-state index contributed by atoms with van der Waals surface area (Å²) in [5.41, 5.74) is -2.71. The number of rotatable bonds is 4. The second kappa shape index (κ2) is 6.65. The molecule has 0 saturated heterocycles. The van der Waals surface area contributed by atoms with Crippen molar-refractivity contribution >= 4 is 11.6 Å². The summed E-state index contributed by atoms with van der Waals surface area (Å²) in [6, 6.07) is 0.826. The minimum Gasteiger partial charge on any atom is -0.322 e. The highest BCUT2D eigenvalue weighted by molar-refractivity contribution is 5.93. The molecule has 144 valence electrons. The van der Waals surface area contributed by atoms with E-state index in [0.29, 0.717) is 0 Å². The van der Waals surface area contributed by atoms with Gasteiger partial charge in [-0.3, -0.25) is 14.6 Å². The van der Waals surface area contributed by atoms with Crippen molar-refractivity contribution in [1.29, 1.82) is 0 Å². The van der Waals surface area contributed by atoms with Gasteiger partial charge in [0.05, 0.1) is 23.8 Å². The predicted octanol–water partition coefficient (Wildman–Crippen LogP) is 3.54. The molecule has 2 aromatic rings. The Morgan fingerprint density at radius 3 is 2.35 bits per heavy atom. The quantitative estimate of drug-likeness (QED) is 0.793. The monoisotopic (exact) mass is 383 g/mol. The first kappa shape index (κ1) is 19.8. The van der Waals surface area contributed by atoms with Gasteiger partial charge in [0, 0.05) is 5.69 Å². The molecule has 1 unspecified atom stereocenters. The molecular weight excluding hydrogens is 368 g/mol. The topological polar surface area (TPSA) is 75.6 Å². The number of anilines is 1. The Morgan fingerprint density at radius 1 is 1.23 bits per heavy atom. The molecule has 1 atom stereocenters. The Balaban J connectivity index is 2.15. The molecule has 2 rings (SSSR count). The van der Waals surface area contributed by atoms with E-state index in [4.69, 9.17) is 0 Å². The number of carbonyl (C=O) groups is 1. The Bertz CT molecular complexity index is 804. The van der Waals surface area contributed by atoms with E-state index in [-0.39, 0.29) is 17.9 Å². The number of halogens is 6. The summed E-state index contributed by atoms with van der Waals surface area (Å²) < 4.78 is 77.6. The molecule has 6 nitrogen and oxygen atoms in total. The third-order valence-corrected chi connectivity index (χ3v) is 3.63. The Morgan fingerprint density at radius 2 is 1.85 bits per heavy atom. The molecule has 2 N–H and O–H groups in total. The SMILES string of the molecule is Cc1[nH]nc(C(F)(F)F)c1NC(=O)C(C)Cn1nc(C(F)(F)F)cc1C. The van der Waals surface area contributed by atoms with Crippen LogP contribution in [0.2, 0.25) is 0 Å². The van der Waals surface area contributed by atoms with Crippen LogP contribution in [-0.4, -0.2) is 25.9 Å². The summed E-state index contributed by atoms with van der Waals surface area (Å²) in [6.07, 6.45) is -9.40. The summed E-state index contributed by atoms with van der Waals surface area (Å²) in [4.78, 5) is 12.2. The fourth-order valence-electron chi connectivity index (χ4n) is 2.21. The first-order valence-electron chi connectivity index (χ1n) is 7.35. The van der Waals surface area contributed by atoms with Crippen LogP contribution in [0.1, 0.15) is 29.7 Å². The number of H-pyrrole nitrogens is 1. The van der Waals surface area contributed by atoms with Crippen molar-refractivity contribution in [2.24, 2.45) is 5.92 Å². The zero-order chi connectivity index (χ0) is 19.9. The third-order valence-electron chi connectivity index (χ3n) is 3.63. The van der Waals surface area contributed by atoms with Gasteiger partial charge < -0.3 is 5.32 Å². The van der Waals surface area contributed by atoms with Gasteiger partial charge in [-0.1, -0.05) is 6.92 Å². The van der Waals surface area contributed by atoms with Crippen LogP contribution in [0.4, 0.5) is 32.0 Å². The molecule has 26 heavy (non-hydrogen) atoms. The minimum atomic E-state index is -4.77. The van der Waals surface area contributed by atoms with Gasteiger partial charge in [0.1, 0.15) is 0 Å². The summed E-state index contributed by atoms with van der Waals surface area (Å²) in [6.45, 7) is 3.82. The molecule has 0 fully saturated rings. The normalized spacial score (nSPS) is 13.7. The van der Waals surface area contributed by atoms with Crippen molar-refractivity contribution in [2.75, 3.05) is 5.32 Å². The van der Waals surface area contributed by atoms with Crippen molar-refractivity contribution in [3.8, 4) is 0 Å². The molecule has 0 spiro atoms. The fourth-order valence-corrected chi connectivity index (χ4v) is 2.21. The zero-order valence-corrected chi connectivity index (χ0v) is 13.9. The second-order valence-corrected chi connectivity index (χ2v) is 5.81. The smallest absolute Gasteiger partial charge is 0.322 e. The van der Waals surface area contributed by atoms with Crippen LogP contribution in [0.25, 0.3) is 0 Å². The maximum Gasteiger partial charge on any atom is 0.437 e. The molecule has 2 heterocycles. The molecule has 0 radical (unpaired) electrons. The lowest BCUT2D eigenvalue weighted by Crippen LogP contribution is -2.26. The van der Waals surface area contributed by atoms with E-state index in [0.717, 1.165) is 10.7 Å². The second-order valence-electron chi connectivity index (χ2n) is 5.81. The van der Waals surface area contributed by atoms with Crippen LogP contribution in [0.3, 0.4) is 0 Å². The van der Waals surface area contributed by atoms with Crippen LogP contribution in [0.15, 0.2) is 6.07 Å². The van der Waals surface area contributed by atoms with Gasteiger partial charge in [-0.25, -0.2) is 0 Å². The lowest BCUT2D eigenvalue weighted by molar-refractivity contribution is -0.142. The van der Waals surface area contributed by atoms with Gasteiger partial charge in [0.2, 0.25) is 5.91 Å². The van der Waals surface area contributed by atoms with Gasteiger partial charge in [-0.15, -0.1) is 0 Å². The Hall–Kier alpha value is -2.53. The van der Waals surface area contributed by atoms with Crippen molar-refractivity contribution < 1.29 is 31.1 Å². The number of aromatic nitrogens is 4. The number of nitrogens with one attached hydrogen (secondary N) is 2. The zero-order valence-electron chi connectivity index (χ0n) is 13.9. The number of amides is 1. The van der Waals surface area contributed by atoms with E-state index < -0.39 is 41.3 Å². The van der Waals surface area contributed by atoms with E-state index >= 15 is 0 Å². The molecule has 0 aliphatic carbocycles. The van der Waals surface area contributed by atoms with Crippen LogP contribution in [0, 0.1) is 19.8 Å². The molecule has 0 aliphatic heterocycles. The Labute approximate surface area is 143 Å². The van der Waals surface area contributed by atoms with Gasteiger partial charge >= 0.3 is 12.4 Å². The average Bonchev–Trinajstić information content (AvgIpc) is 3.02. The molecule has 0 aliphatic rings. The summed E-state index contributed by atoms with van der Waals surface area (Å²) >= 11 is 0. The van der Waals surface area contributed by atoms with Crippen molar-refractivity contribution in [3.63, 3.8) is 0 Å². The van der Waals surface area contributed by atoms with Crippen molar-refractivity contribution in [1.82, 2.24) is 20.0 Å². The number of aryl methyl sites for hydroxylation is 2. The number of alkyl halides is 6. The van der Waals surface area contributed by atoms with E-state index in [2.05, 4.69) is 20.6 Å². The molecule has 0 saturated carbocycles. The number of nitrogens with zero attached hydrogens (tertiary/aromatic N) is 3. The Kier molecular flexibility index (Phi) is 5.06. The molecule has 2 aromatic heterocycles. The molecule has 12 heteroatoms. The van der Waals surface area contributed by atoms with E-state index in [9.17, 15) is 31.1 Å². The van der Waals surface area contributed by atoms with Crippen LogP contribution in [0.5, 0.6) is 0 Å². The molecule has 0 bridgehead atoms. The fraction of sp³-hybridized carbons (Fsp3) is 0.500. The first-order chi connectivity index (χ1) is 11.8. The minimum absolute atomic E-state index is 0.00695. The molecular formula is C14H15F6N5O. The average molecular weight is 383 g/mol. The summed E-state index contributed by atoms with van der Waals surface area (Å²) in [5, 5.41) is 10.8. The first-order valence-corrected chi connectivity index (χ1v) is 7.35. The lowest BCUT2D eigenvalue weighted by atomic mass is 10.1. The van der Waals surface area contributed by atoms with Crippen LogP contribution in [-0.2, 0) is 23.7 Å². The maximum absolute atomic E-state index is 12.9. The summed E-state index contributed by atoms with van der Waals surface area (Å²) in [7, 11) is 0. The van der Waals surface area contributed by atoms with E-state index in [1.54, 1.807) is 0 Å². The molecule has 1 amide bonds. The predicted molar refractivity (Wildman–Crippen MR) is 78.1 cm³/mol. The van der Waals surface area contributed by atoms with Gasteiger partial charge in [0.15, 0.2) is 11.4 Å². The highest BCUT2D eigenvalue weighted by atomic mass is 19.4. The van der Waals surface area contributed by atoms with Crippen molar-refractivity contribution in [3.05, 3.63) is 28.8 Å². The van der Waals surface area contributed by atoms with Gasteiger partial charge in [-0.2, -0.15) is 36.5 Å². The van der Waals surface area contributed by atoms with Gasteiger partial charge in [-0.05, 0) is 19.9 Å². The molecule has 0 aromatic carbocycles. The van der Waals surface area contributed by atoms with Crippen LogP contribution < -0.4 is 5.32 Å². The van der Waals surface area contributed by atoms with Gasteiger partial charge in [0.25, 0.3) is 0 Å². The number of hydrogen-bond donors (Lipinski definition) is 2. The van der Waals surface area contributed by atoms with Crippen LogP contribution >= 0.6 is 0 Å². The number of carbonyl (C=O) groups excluding carboxylic acids is 1. The third kappa shape index (κ3) is 4.17. The maximum atomic E-state index is 12.9. The number of hydrogen-bond acceptors (Lipinski definition) is 3. The standard InChI is InChI=1S/C14H15F6N5O/c1-6(5-25-7(2)4-9(24-25)13(15,16)17)12(26)21-10-8(3)22-23-11(10)14(18,19)20/h4,6H,5H2,1-3H3,(H,21,26)(H,22,23). The van der Waals surface area contributed by atoms with E-state index in [1.165, 1.54) is 20.8 Å². The highest BCUT2D eigenvalue weighted by Gasteiger charge is 2.38. The lowest BCUT2D eigenvalue weighted by Gasteiger charge is -2.14. The van der Waals surface area contributed by atoms with E-state index in [1.807, 2.05) is 0 Å².